The van der Waals surface area contributed by atoms with Crippen LogP contribution in [0.1, 0.15) is 9.67 Å². The maximum Gasteiger partial charge on any atom is 0.281 e. The number of nitrogens with two attached hydrogens (primary N) is 1. The number of amides is 1. The topological polar surface area (TPSA) is 97.6 Å². The van der Waals surface area contributed by atoms with Crippen LogP contribution in [0.15, 0.2) is 30.3 Å². The number of hydrogen-bond acceptors (Lipinski definition) is 6. The highest BCUT2D eigenvalue weighted by Gasteiger charge is 2.15. The lowest BCUT2D eigenvalue weighted by Crippen LogP contribution is -2.47. The van der Waals surface area contributed by atoms with Gasteiger partial charge in [0, 0.05) is 18.5 Å². The van der Waals surface area contributed by atoms with Crippen LogP contribution < -0.4 is 26.6 Å². The number of benzene rings is 1. The summed E-state index contributed by atoms with van der Waals surface area (Å²) >= 11 is 6.35. The molecule has 0 atom stereocenters. The molecule has 5 N–H and O–H groups in total. The second kappa shape index (κ2) is 9.21. The number of carbonyl (C=O) groups excluding carboxylic acids is 1. The summed E-state index contributed by atoms with van der Waals surface area (Å²) < 4.78 is 10.0. The van der Waals surface area contributed by atoms with Crippen molar-refractivity contribution in [2.75, 3.05) is 33.1 Å². The van der Waals surface area contributed by atoms with Crippen molar-refractivity contribution in [2.45, 2.75) is 0 Å². The Hall–Kier alpha value is -2.36. The molecule has 1 heterocycles. The van der Waals surface area contributed by atoms with Gasteiger partial charge in [-0.1, -0.05) is 0 Å². The van der Waals surface area contributed by atoms with Crippen LogP contribution in [0.3, 0.4) is 0 Å². The number of anilines is 1. The molecule has 1 amide bonds. The van der Waals surface area contributed by atoms with Gasteiger partial charge >= 0.3 is 0 Å². The molecule has 0 radical (unpaired) electrons. The summed E-state index contributed by atoms with van der Waals surface area (Å²) in [5.74, 6) is 0.420. The highest BCUT2D eigenvalue weighted by Crippen LogP contribution is 2.33. The van der Waals surface area contributed by atoms with E-state index in [-0.39, 0.29) is 5.91 Å². The zero-order valence-corrected chi connectivity index (χ0v) is 15.6. The van der Waals surface area contributed by atoms with Crippen molar-refractivity contribution in [3.63, 3.8) is 0 Å². The Labute approximate surface area is 155 Å². The standard InChI is InChI=1S/C16H20N4O3S2/c1-22-8-7-18-16(24)20-19-15(21)14-12(17)9-13(25-14)10-3-5-11(23-2)6-4-10/h3-6,9H,7-8,17H2,1-2H3,(H,19,21)(H2,18,20,24). The van der Waals surface area contributed by atoms with Crippen LogP contribution in [0.4, 0.5) is 5.69 Å². The fourth-order valence-corrected chi connectivity index (χ4v) is 3.09. The van der Waals surface area contributed by atoms with E-state index < -0.39 is 0 Å². The molecule has 0 spiro atoms. The Kier molecular flexibility index (Phi) is 6.99. The fourth-order valence-electron chi connectivity index (χ4n) is 1.96. The molecule has 0 fully saturated rings. The second-order valence-corrected chi connectivity index (χ2v) is 6.41. The third kappa shape index (κ3) is 5.31. The second-order valence-electron chi connectivity index (χ2n) is 4.95. The first-order chi connectivity index (χ1) is 12.0. The van der Waals surface area contributed by atoms with Crippen LogP contribution in [0.5, 0.6) is 5.75 Å². The summed E-state index contributed by atoms with van der Waals surface area (Å²) in [7, 11) is 3.21. The third-order valence-electron chi connectivity index (χ3n) is 3.22. The fraction of sp³-hybridized carbons (Fsp3) is 0.250. The van der Waals surface area contributed by atoms with Crippen molar-refractivity contribution in [1.29, 1.82) is 0 Å². The number of thiocarbonyl (C=S) groups is 1. The molecule has 0 aliphatic heterocycles. The number of hydrogen-bond donors (Lipinski definition) is 4. The van der Waals surface area contributed by atoms with E-state index >= 15 is 0 Å². The zero-order chi connectivity index (χ0) is 18.2. The van der Waals surface area contributed by atoms with Crippen molar-refractivity contribution in [3.05, 3.63) is 35.2 Å². The van der Waals surface area contributed by atoms with E-state index in [0.717, 1.165) is 16.2 Å². The largest absolute Gasteiger partial charge is 0.497 e. The molecular formula is C16H20N4O3S2. The molecule has 1 aromatic carbocycles. The highest BCUT2D eigenvalue weighted by molar-refractivity contribution is 7.80. The Bertz CT molecular complexity index is 731. The third-order valence-corrected chi connectivity index (χ3v) is 4.67. The molecular weight excluding hydrogens is 360 g/mol. The summed E-state index contributed by atoms with van der Waals surface area (Å²) in [6.45, 7) is 1.06. The monoisotopic (exact) mass is 380 g/mol. The predicted octanol–water partition coefficient (Wildman–Crippen LogP) is 1.76. The van der Waals surface area contributed by atoms with Gasteiger partial charge < -0.3 is 20.5 Å². The number of thiophene rings is 1. The number of methoxy groups -OCH3 is 2. The van der Waals surface area contributed by atoms with E-state index in [0.29, 0.717) is 28.8 Å². The first-order valence-electron chi connectivity index (χ1n) is 7.42. The number of nitrogens with one attached hydrogen (secondary N) is 3. The highest BCUT2D eigenvalue weighted by atomic mass is 32.1. The van der Waals surface area contributed by atoms with E-state index in [1.165, 1.54) is 11.3 Å². The summed E-state index contributed by atoms with van der Waals surface area (Å²) in [6, 6.07) is 9.32. The van der Waals surface area contributed by atoms with Gasteiger partial charge in [-0.05, 0) is 48.1 Å². The van der Waals surface area contributed by atoms with Gasteiger partial charge in [0.15, 0.2) is 5.11 Å². The quantitative estimate of drug-likeness (QED) is 0.344. The van der Waals surface area contributed by atoms with Gasteiger partial charge in [0.1, 0.15) is 10.6 Å². The first-order valence-corrected chi connectivity index (χ1v) is 8.64. The van der Waals surface area contributed by atoms with Crippen LogP contribution in [-0.2, 0) is 4.74 Å². The molecule has 1 aromatic heterocycles. The minimum absolute atomic E-state index is 0.302. The molecule has 2 aromatic rings. The van der Waals surface area contributed by atoms with Crippen molar-refractivity contribution < 1.29 is 14.3 Å². The summed E-state index contributed by atoms with van der Waals surface area (Å²) in [5, 5.41) is 3.19. The lowest BCUT2D eigenvalue weighted by Gasteiger charge is -2.10. The minimum Gasteiger partial charge on any atom is -0.497 e. The first kappa shape index (κ1) is 19.0. The maximum absolute atomic E-state index is 12.3. The molecule has 2 rings (SSSR count). The molecule has 9 heteroatoms. The molecule has 0 aliphatic carbocycles. The normalized spacial score (nSPS) is 10.2. The van der Waals surface area contributed by atoms with Gasteiger partial charge in [-0.15, -0.1) is 11.3 Å². The van der Waals surface area contributed by atoms with Gasteiger partial charge in [-0.25, -0.2) is 0 Å². The van der Waals surface area contributed by atoms with E-state index in [2.05, 4.69) is 16.2 Å². The molecule has 0 aliphatic rings. The zero-order valence-electron chi connectivity index (χ0n) is 13.9. The van der Waals surface area contributed by atoms with Crippen molar-refractivity contribution in [2.24, 2.45) is 0 Å². The van der Waals surface area contributed by atoms with Crippen molar-refractivity contribution in [3.8, 4) is 16.2 Å². The predicted molar refractivity (Wildman–Crippen MR) is 104 cm³/mol. The average Bonchev–Trinajstić information content (AvgIpc) is 3.02. The van der Waals surface area contributed by atoms with Gasteiger partial charge in [-0.3, -0.25) is 15.6 Å². The van der Waals surface area contributed by atoms with Crippen molar-refractivity contribution >= 4 is 40.3 Å². The summed E-state index contributed by atoms with van der Waals surface area (Å²) in [5.41, 5.74) is 12.5. The molecule has 0 bridgehead atoms. The minimum atomic E-state index is -0.349. The average molecular weight is 380 g/mol. The molecule has 0 saturated heterocycles. The van der Waals surface area contributed by atoms with Crippen molar-refractivity contribution in [1.82, 2.24) is 16.2 Å². The maximum atomic E-state index is 12.3. The van der Waals surface area contributed by atoms with Crippen LogP contribution in [-0.4, -0.2) is 38.4 Å². The smallest absolute Gasteiger partial charge is 0.281 e. The molecule has 0 saturated carbocycles. The van der Waals surface area contributed by atoms with E-state index in [1.54, 1.807) is 20.3 Å². The van der Waals surface area contributed by atoms with E-state index in [9.17, 15) is 4.79 Å². The molecule has 7 nitrogen and oxygen atoms in total. The molecule has 134 valence electrons. The Morgan fingerprint density at radius 2 is 1.96 bits per heavy atom. The van der Waals surface area contributed by atoms with Gasteiger partial charge in [0.25, 0.3) is 5.91 Å². The number of nitrogen functional groups attached to an aromatic ring is 1. The lowest BCUT2D eigenvalue weighted by molar-refractivity contribution is 0.0948. The molecule has 25 heavy (non-hydrogen) atoms. The Morgan fingerprint density at radius 3 is 2.60 bits per heavy atom. The number of ether oxygens (including phenoxy) is 2. The van der Waals surface area contributed by atoms with Crippen LogP contribution >= 0.6 is 23.6 Å². The van der Waals surface area contributed by atoms with Crippen LogP contribution in [0, 0.1) is 0 Å². The number of hydrazine groups is 1. The van der Waals surface area contributed by atoms with Gasteiger partial charge in [-0.2, -0.15) is 0 Å². The Balaban J connectivity index is 1.98. The van der Waals surface area contributed by atoms with Gasteiger partial charge in [0.05, 0.1) is 19.4 Å². The van der Waals surface area contributed by atoms with E-state index in [4.69, 9.17) is 27.4 Å². The number of rotatable bonds is 6. The van der Waals surface area contributed by atoms with E-state index in [1.807, 2.05) is 24.3 Å². The Morgan fingerprint density at radius 1 is 1.24 bits per heavy atom. The van der Waals surface area contributed by atoms with Gasteiger partial charge in [0.2, 0.25) is 0 Å². The lowest BCUT2D eigenvalue weighted by atomic mass is 10.2. The molecule has 0 unspecified atom stereocenters. The number of carbonyl (C=O) groups is 1. The summed E-state index contributed by atoms with van der Waals surface area (Å²) in [6.07, 6.45) is 0. The van der Waals surface area contributed by atoms with Crippen LogP contribution in [0.25, 0.3) is 10.4 Å². The SMILES string of the molecule is COCCNC(=S)NNC(=O)c1sc(-c2ccc(OC)cc2)cc1N. The van der Waals surface area contributed by atoms with Crippen LogP contribution in [0.2, 0.25) is 0 Å². The summed E-state index contributed by atoms with van der Waals surface area (Å²) in [4.78, 5) is 13.6.